The number of nitrogens with one attached hydrogen (secondary N) is 1. The van der Waals surface area contributed by atoms with Gasteiger partial charge in [-0.05, 0) is 39.8 Å². The summed E-state index contributed by atoms with van der Waals surface area (Å²) in [4.78, 5) is 19.2. The summed E-state index contributed by atoms with van der Waals surface area (Å²) in [5.74, 6) is 0.678. The fraction of sp³-hybridized carbons (Fsp3) is 0.524. The van der Waals surface area contributed by atoms with Crippen LogP contribution in [-0.4, -0.2) is 61.8 Å². The number of fused-ring (bicyclic) bond motifs is 1. The van der Waals surface area contributed by atoms with Crippen molar-refractivity contribution in [1.29, 1.82) is 0 Å². The lowest BCUT2D eigenvalue weighted by Gasteiger charge is -2.35. The van der Waals surface area contributed by atoms with Gasteiger partial charge in [0, 0.05) is 37.1 Å². The van der Waals surface area contributed by atoms with Crippen LogP contribution in [0.4, 0.5) is 10.6 Å². The van der Waals surface area contributed by atoms with Crippen LogP contribution in [-0.2, 0) is 14.8 Å². The summed E-state index contributed by atoms with van der Waals surface area (Å²) < 4.78 is 30.6. The molecule has 0 bridgehead atoms. The summed E-state index contributed by atoms with van der Waals surface area (Å²) in [6.07, 6.45) is 0.702. The molecule has 3 rings (SSSR count). The third-order valence-electron chi connectivity index (χ3n) is 5.01. The normalized spacial score (nSPS) is 16.9. The first kappa shape index (κ1) is 23.6. The number of nitrogens with zero attached hydrogens (tertiary/aromatic N) is 3. The molecule has 1 aliphatic rings. The number of halogens is 1. The fourth-order valence-electron chi connectivity index (χ4n) is 3.53. The lowest BCUT2D eigenvalue weighted by Crippen LogP contribution is -2.49. The van der Waals surface area contributed by atoms with Crippen molar-refractivity contribution in [3.63, 3.8) is 0 Å². The predicted molar refractivity (Wildman–Crippen MR) is 123 cm³/mol. The highest BCUT2D eigenvalue weighted by Gasteiger charge is 2.28. The molecule has 0 aliphatic carbocycles. The Kier molecular flexibility index (Phi) is 6.69. The Morgan fingerprint density at radius 3 is 2.45 bits per heavy atom. The molecule has 1 aliphatic heterocycles. The Hall–Kier alpha value is -2.10. The topological polar surface area (TPSA) is 91.8 Å². The fourth-order valence-corrected chi connectivity index (χ4v) is 4.59. The van der Waals surface area contributed by atoms with Gasteiger partial charge in [0.25, 0.3) is 0 Å². The third kappa shape index (κ3) is 5.78. The highest BCUT2D eigenvalue weighted by molar-refractivity contribution is 7.88. The van der Waals surface area contributed by atoms with E-state index in [4.69, 9.17) is 21.3 Å². The van der Waals surface area contributed by atoms with Crippen LogP contribution in [0.2, 0.25) is 5.02 Å². The average Bonchev–Trinajstić information content (AvgIpc) is 2.65. The molecule has 1 atom stereocenters. The third-order valence-corrected chi connectivity index (χ3v) is 6.62. The molecule has 1 fully saturated rings. The summed E-state index contributed by atoms with van der Waals surface area (Å²) in [7, 11) is -3.24. The number of aromatic nitrogens is 1. The van der Waals surface area contributed by atoms with Crippen molar-refractivity contribution in [3.05, 3.63) is 34.9 Å². The number of piperazine rings is 1. The maximum absolute atomic E-state index is 12.3. The van der Waals surface area contributed by atoms with Crippen molar-refractivity contribution >= 4 is 44.4 Å². The number of alkyl carbamates (subject to hydrolysis) is 1. The van der Waals surface area contributed by atoms with Gasteiger partial charge < -0.3 is 15.0 Å². The number of benzene rings is 1. The first-order valence-corrected chi connectivity index (χ1v) is 12.4. The lowest BCUT2D eigenvalue weighted by molar-refractivity contribution is 0.0508. The molecule has 170 valence electrons. The van der Waals surface area contributed by atoms with Gasteiger partial charge >= 0.3 is 6.09 Å². The van der Waals surface area contributed by atoms with Crippen LogP contribution < -0.4 is 10.2 Å². The van der Waals surface area contributed by atoms with E-state index >= 15 is 0 Å². The van der Waals surface area contributed by atoms with Gasteiger partial charge in [-0.3, -0.25) is 0 Å². The smallest absolute Gasteiger partial charge is 0.408 e. The van der Waals surface area contributed by atoms with E-state index in [0.29, 0.717) is 42.5 Å². The molecule has 1 aromatic heterocycles. The minimum absolute atomic E-state index is 0.369. The first-order chi connectivity index (χ1) is 14.3. The SMILES string of the molecule is C[C@H](NC(=O)OC(C)(C)C)c1cc2cccc(Cl)c2nc1N1CCN(S(C)(=O)=O)CC1. The maximum Gasteiger partial charge on any atom is 0.408 e. The Morgan fingerprint density at radius 2 is 1.87 bits per heavy atom. The summed E-state index contributed by atoms with van der Waals surface area (Å²) in [6, 6.07) is 7.14. The van der Waals surface area contributed by atoms with Gasteiger partial charge in [-0.15, -0.1) is 0 Å². The minimum Gasteiger partial charge on any atom is -0.444 e. The second-order valence-electron chi connectivity index (χ2n) is 8.73. The van der Waals surface area contributed by atoms with Crippen molar-refractivity contribution in [2.24, 2.45) is 0 Å². The molecule has 1 aromatic carbocycles. The van der Waals surface area contributed by atoms with Gasteiger partial charge in [-0.1, -0.05) is 23.7 Å². The van der Waals surface area contributed by atoms with Crippen LogP contribution >= 0.6 is 11.6 Å². The number of amides is 1. The van der Waals surface area contributed by atoms with Crippen molar-refractivity contribution < 1.29 is 17.9 Å². The van der Waals surface area contributed by atoms with Gasteiger partial charge in [0.1, 0.15) is 11.4 Å². The Bertz CT molecular complexity index is 1080. The highest BCUT2D eigenvalue weighted by atomic mass is 35.5. The largest absolute Gasteiger partial charge is 0.444 e. The van der Waals surface area contributed by atoms with Crippen LogP contribution in [0.3, 0.4) is 0 Å². The molecule has 10 heteroatoms. The molecule has 0 saturated carbocycles. The van der Waals surface area contributed by atoms with Crippen molar-refractivity contribution in [3.8, 4) is 0 Å². The number of carbonyl (C=O) groups is 1. The molecule has 2 heterocycles. The maximum atomic E-state index is 12.3. The number of hydrogen-bond donors (Lipinski definition) is 1. The van der Waals surface area contributed by atoms with Gasteiger partial charge in [0.2, 0.25) is 10.0 Å². The number of ether oxygens (including phenoxy) is 1. The zero-order valence-electron chi connectivity index (χ0n) is 18.5. The molecule has 2 aromatic rings. The van der Waals surface area contributed by atoms with Gasteiger partial charge in [0.15, 0.2) is 0 Å². The van der Waals surface area contributed by atoms with E-state index in [2.05, 4.69) is 5.32 Å². The Morgan fingerprint density at radius 1 is 1.23 bits per heavy atom. The number of para-hydroxylation sites is 1. The summed E-state index contributed by atoms with van der Waals surface area (Å²) >= 11 is 6.38. The second kappa shape index (κ2) is 8.80. The van der Waals surface area contributed by atoms with Crippen molar-refractivity contribution in [2.45, 2.75) is 39.3 Å². The monoisotopic (exact) mass is 468 g/mol. The second-order valence-corrected chi connectivity index (χ2v) is 11.1. The van der Waals surface area contributed by atoms with Crippen LogP contribution in [0.5, 0.6) is 0 Å². The van der Waals surface area contributed by atoms with E-state index in [9.17, 15) is 13.2 Å². The minimum atomic E-state index is -3.24. The van der Waals surface area contributed by atoms with Crippen LogP contribution in [0.25, 0.3) is 10.9 Å². The number of sulfonamides is 1. The van der Waals surface area contributed by atoms with E-state index in [-0.39, 0.29) is 6.04 Å². The number of pyridine rings is 1. The van der Waals surface area contributed by atoms with Gasteiger partial charge in [-0.2, -0.15) is 4.31 Å². The lowest BCUT2D eigenvalue weighted by atomic mass is 10.0. The number of hydrogen-bond acceptors (Lipinski definition) is 6. The highest BCUT2D eigenvalue weighted by Crippen LogP contribution is 2.32. The molecule has 31 heavy (non-hydrogen) atoms. The van der Waals surface area contributed by atoms with E-state index < -0.39 is 21.7 Å². The number of carbonyl (C=O) groups excluding carboxylic acids is 1. The summed E-state index contributed by atoms with van der Waals surface area (Å²) in [6.45, 7) is 9.01. The van der Waals surface area contributed by atoms with Gasteiger partial charge in [0.05, 0.1) is 22.8 Å². The predicted octanol–water partition coefficient (Wildman–Crippen LogP) is 3.56. The Balaban J connectivity index is 1.95. The van der Waals surface area contributed by atoms with Gasteiger partial charge in [-0.25, -0.2) is 18.2 Å². The molecule has 8 nitrogen and oxygen atoms in total. The first-order valence-electron chi connectivity index (χ1n) is 10.1. The molecular weight excluding hydrogens is 440 g/mol. The van der Waals surface area contributed by atoms with Crippen molar-refractivity contribution in [2.75, 3.05) is 37.3 Å². The summed E-state index contributed by atoms with van der Waals surface area (Å²) in [5.41, 5.74) is 0.871. The molecule has 0 radical (unpaired) electrons. The number of anilines is 1. The molecule has 0 spiro atoms. The number of rotatable bonds is 4. The van der Waals surface area contributed by atoms with E-state index in [1.165, 1.54) is 10.6 Å². The quantitative estimate of drug-likeness (QED) is 0.737. The average molecular weight is 469 g/mol. The molecular formula is C21H29ClN4O4S. The molecule has 1 amide bonds. The molecule has 1 N–H and O–H groups in total. The molecule has 1 saturated heterocycles. The van der Waals surface area contributed by atoms with E-state index in [0.717, 1.165) is 10.9 Å². The van der Waals surface area contributed by atoms with Crippen molar-refractivity contribution in [1.82, 2.24) is 14.6 Å². The van der Waals surface area contributed by atoms with Crippen LogP contribution in [0.1, 0.15) is 39.3 Å². The van der Waals surface area contributed by atoms with E-state index in [1.54, 1.807) is 6.07 Å². The molecule has 0 unspecified atom stereocenters. The summed E-state index contributed by atoms with van der Waals surface area (Å²) in [5, 5.41) is 4.27. The van der Waals surface area contributed by atoms with E-state index in [1.807, 2.05) is 50.8 Å². The zero-order chi connectivity index (χ0) is 23.0. The van der Waals surface area contributed by atoms with Crippen LogP contribution in [0.15, 0.2) is 24.3 Å². The standard InChI is InChI=1S/C21H29ClN4O4S/c1-14(23-20(27)30-21(2,3)4)16-13-15-7-6-8-17(22)18(15)24-19(16)25-9-11-26(12-10-25)31(5,28)29/h6-8,13-14H,9-12H2,1-5H3,(H,23,27)/t14-/m0/s1. The zero-order valence-corrected chi connectivity index (χ0v) is 20.0. The Labute approximate surface area is 188 Å². The van der Waals surface area contributed by atoms with Crippen LogP contribution in [0, 0.1) is 0 Å².